The van der Waals surface area contributed by atoms with Crippen LogP contribution in [-0.4, -0.2) is 59.4 Å². The van der Waals surface area contributed by atoms with Crippen molar-refractivity contribution in [1.82, 2.24) is 10.2 Å². The molecule has 1 heterocycles. The number of primary amides is 1. The quantitative estimate of drug-likeness (QED) is 0.636. The van der Waals surface area contributed by atoms with Gasteiger partial charge in [-0.3, -0.25) is 4.79 Å². The van der Waals surface area contributed by atoms with Gasteiger partial charge in [0.2, 0.25) is 5.91 Å². The van der Waals surface area contributed by atoms with E-state index in [9.17, 15) is 14.7 Å². The Balaban J connectivity index is 2.33. The maximum atomic E-state index is 11.8. The van der Waals surface area contributed by atoms with Crippen molar-refractivity contribution in [1.29, 1.82) is 0 Å². The third kappa shape index (κ3) is 5.44. The molecule has 0 aliphatic carbocycles. The fourth-order valence-electron chi connectivity index (χ4n) is 1.80. The second kappa shape index (κ2) is 6.21. The van der Waals surface area contributed by atoms with Crippen molar-refractivity contribution < 1.29 is 19.4 Å². The molecule has 0 saturated carbocycles. The number of amides is 2. The largest absolute Gasteiger partial charge is 0.444 e. The van der Waals surface area contributed by atoms with Crippen LogP contribution >= 0.6 is 0 Å². The molecule has 19 heavy (non-hydrogen) atoms. The molecule has 1 aliphatic heterocycles. The van der Waals surface area contributed by atoms with Crippen molar-refractivity contribution in [3.05, 3.63) is 0 Å². The van der Waals surface area contributed by atoms with Crippen LogP contribution in [0.2, 0.25) is 0 Å². The maximum absolute atomic E-state index is 11.8. The van der Waals surface area contributed by atoms with Gasteiger partial charge in [-0.15, -0.1) is 0 Å². The van der Waals surface area contributed by atoms with Crippen molar-refractivity contribution in [3.8, 4) is 0 Å². The van der Waals surface area contributed by atoms with Crippen LogP contribution in [0.15, 0.2) is 0 Å². The smallest absolute Gasteiger partial charge is 0.410 e. The number of aliphatic hydroxyl groups excluding tert-OH is 1. The van der Waals surface area contributed by atoms with Crippen molar-refractivity contribution in [3.63, 3.8) is 0 Å². The highest BCUT2D eigenvalue weighted by Gasteiger charge is 2.29. The van der Waals surface area contributed by atoms with Crippen molar-refractivity contribution in [2.24, 2.45) is 5.73 Å². The minimum absolute atomic E-state index is 0.0431. The van der Waals surface area contributed by atoms with Crippen molar-refractivity contribution in [2.45, 2.75) is 44.9 Å². The molecular weight excluding hydrogens is 250 g/mol. The number of nitrogens with zero attached hydrogens (tertiary/aromatic N) is 1. The molecule has 1 saturated heterocycles. The minimum atomic E-state index is -1.20. The summed E-state index contributed by atoms with van der Waals surface area (Å²) < 4.78 is 5.27. The summed E-state index contributed by atoms with van der Waals surface area (Å²) in [5.74, 6) is -0.755. The summed E-state index contributed by atoms with van der Waals surface area (Å²) in [4.78, 5) is 24.1. The highest BCUT2D eigenvalue weighted by molar-refractivity contribution is 5.78. The Kier molecular flexibility index (Phi) is 5.13. The average molecular weight is 273 g/mol. The lowest BCUT2D eigenvalue weighted by molar-refractivity contribution is -0.125. The Morgan fingerprint density at radius 1 is 1.53 bits per heavy atom. The lowest BCUT2D eigenvalue weighted by atomic mass is 10.2. The topological polar surface area (TPSA) is 105 Å². The predicted molar refractivity (Wildman–Crippen MR) is 69.4 cm³/mol. The van der Waals surface area contributed by atoms with Crippen LogP contribution in [0.4, 0.5) is 4.79 Å². The summed E-state index contributed by atoms with van der Waals surface area (Å²) in [6.45, 7) is 6.65. The van der Waals surface area contributed by atoms with Crippen LogP contribution in [0.3, 0.4) is 0 Å². The van der Waals surface area contributed by atoms with Crippen LogP contribution < -0.4 is 11.1 Å². The van der Waals surface area contributed by atoms with Gasteiger partial charge in [0.15, 0.2) is 0 Å². The number of aliphatic hydroxyl groups is 1. The summed E-state index contributed by atoms with van der Waals surface area (Å²) in [6, 6.07) is 0.0431. The zero-order valence-electron chi connectivity index (χ0n) is 11.7. The molecule has 4 N–H and O–H groups in total. The van der Waals surface area contributed by atoms with Crippen LogP contribution in [0.1, 0.15) is 27.2 Å². The molecular formula is C12H23N3O4. The first-order valence-corrected chi connectivity index (χ1v) is 6.38. The van der Waals surface area contributed by atoms with Crippen LogP contribution in [0, 0.1) is 0 Å². The lowest BCUT2D eigenvalue weighted by Gasteiger charge is -2.24. The van der Waals surface area contributed by atoms with Gasteiger partial charge in [0.05, 0.1) is 0 Å². The van der Waals surface area contributed by atoms with E-state index in [1.807, 2.05) is 20.8 Å². The Morgan fingerprint density at radius 2 is 2.16 bits per heavy atom. The average Bonchev–Trinajstić information content (AvgIpc) is 2.71. The first-order valence-electron chi connectivity index (χ1n) is 6.38. The van der Waals surface area contributed by atoms with E-state index in [0.29, 0.717) is 13.1 Å². The monoisotopic (exact) mass is 273 g/mol. The SMILES string of the molecule is CC(C)(C)OC(=O)N1CCC(NCC(O)C(N)=O)C1. The third-order valence-corrected chi connectivity index (χ3v) is 2.77. The molecule has 7 nitrogen and oxygen atoms in total. The molecule has 110 valence electrons. The van der Waals surface area contributed by atoms with Gasteiger partial charge < -0.3 is 25.8 Å². The van der Waals surface area contributed by atoms with E-state index in [1.165, 1.54) is 0 Å². The van der Waals surface area contributed by atoms with E-state index in [2.05, 4.69) is 5.32 Å². The first-order chi connectivity index (χ1) is 8.69. The highest BCUT2D eigenvalue weighted by atomic mass is 16.6. The standard InChI is InChI=1S/C12H23N3O4/c1-12(2,3)19-11(18)15-5-4-8(7-15)14-6-9(16)10(13)17/h8-9,14,16H,4-7H2,1-3H3,(H2,13,17). The number of rotatable bonds is 4. The molecule has 2 unspecified atom stereocenters. The number of nitrogens with two attached hydrogens (primary N) is 1. The zero-order chi connectivity index (χ0) is 14.6. The van der Waals surface area contributed by atoms with Gasteiger partial charge in [0, 0.05) is 25.7 Å². The molecule has 1 aliphatic rings. The predicted octanol–water partition coefficient (Wildman–Crippen LogP) is -0.568. The van der Waals surface area contributed by atoms with E-state index >= 15 is 0 Å². The Hall–Kier alpha value is -1.34. The van der Waals surface area contributed by atoms with Crippen molar-refractivity contribution >= 4 is 12.0 Å². The Bertz CT molecular complexity index is 340. The molecule has 7 heteroatoms. The third-order valence-electron chi connectivity index (χ3n) is 2.77. The molecule has 0 spiro atoms. The molecule has 0 aromatic carbocycles. The fourth-order valence-corrected chi connectivity index (χ4v) is 1.80. The molecule has 2 amide bonds. The van der Waals surface area contributed by atoms with Crippen LogP contribution in [-0.2, 0) is 9.53 Å². The summed E-state index contributed by atoms with van der Waals surface area (Å²) in [6.07, 6.45) is -0.784. The van der Waals surface area contributed by atoms with Crippen LogP contribution in [0.25, 0.3) is 0 Å². The van der Waals surface area contributed by atoms with E-state index < -0.39 is 17.6 Å². The number of nitrogens with one attached hydrogen (secondary N) is 1. The number of carbonyl (C=O) groups excluding carboxylic acids is 2. The molecule has 0 aromatic rings. The second-order valence-corrected chi connectivity index (χ2v) is 5.74. The lowest BCUT2D eigenvalue weighted by Crippen LogP contribution is -2.43. The number of hydrogen-bond acceptors (Lipinski definition) is 5. The molecule has 0 radical (unpaired) electrons. The van der Waals surface area contributed by atoms with Gasteiger partial charge in [0.1, 0.15) is 11.7 Å². The van der Waals surface area contributed by atoms with E-state index in [-0.39, 0.29) is 18.7 Å². The van der Waals surface area contributed by atoms with Gasteiger partial charge in [-0.25, -0.2) is 4.79 Å². The molecule has 0 aromatic heterocycles. The minimum Gasteiger partial charge on any atom is -0.444 e. The first kappa shape index (κ1) is 15.7. The fraction of sp³-hybridized carbons (Fsp3) is 0.833. The molecule has 2 atom stereocenters. The number of carbonyl (C=O) groups is 2. The molecule has 1 rings (SSSR count). The zero-order valence-corrected chi connectivity index (χ0v) is 11.7. The van der Waals surface area contributed by atoms with Crippen molar-refractivity contribution in [2.75, 3.05) is 19.6 Å². The van der Waals surface area contributed by atoms with Gasteiger partial charge in [-0.2, -0.15) is 0 Å². The maximum Gasteiger partial charge on any atom is 0.410 e. The normalized spacial score (nSPS) is 21.3. The second-order valence-electron chi connectivity index (χ2n) is 5.74. The number of hydrogen-bond donors (Lipinski definition) is 3. The van der Waals surface area contributed by atoms with Crippen LogP contribution in [0.5, 0.6) is 0 Å². The van der Waals surface area contributed by atoms with E-state index in [1.54, 1.807) is 4.90 Å². The Labute approximate surface area is 113 Å². The Morgan fingerprint density at radius 3 is 2.68 bits per heavy atom. The highest BCUT2D eigenvalue weighted by Crippen LogP contribution is 2.15. The molecule has 0 bridgehead atoms. The summed E-state index contributed by atoms with van der Waals surface area (Å²) in [7, 11) is 0. The van der Waals surface area contributed by atoms with Gasteiger partial charge >= 0.3 is 6.09 Å². The van der Waals surface area contributed by atoms with Gasteiger partial charge in [0.25, 0.3) is 0 Å². The number of ether oxygens (including phenoxy) is 1. The summed E-state index contributed by atoms with van der Waals surface area (Å²) >= 11 is 0. The van der Waals surface area contributed by atoms with E-state index in [4.69, 9.17) is 10.5 Å². The molecule has 1 fully saturated rings. The number of likely N-dealkylation sites (tertiary alicyclic amines) is 1. The van der Waals surface area contributed by atoms with Gasteiger partial charge in [-0.05, 0) is 27.2 Å². The van der Waals surface area contributed by atoms with Gasteiger partial charge in [-0.1, -0.05) is 0 Å². The summed E-state index contributed by atoms with van der Waals surface area (Å²) in [5, 5.41) is 12.3. The summed E-state index contributed by atoms with van der Waals surface area (Å²) in [5.41, 5.74) is 4.44. The van der Waals surface area contributed by atoms with E-state index in [0.717, 1.165) is 6.42 Å².